The molecule has 1 aromatic rings. The fourth-order valence-corrected chi connectivity index (χ4v) is 5.58. The van der Waals surface area contributed by atoms with Crippen LogP contribution in [0.25, 0.3) is 0 Å². The van der Waals surface area contributed by atoms with Crippen molar-refractivity contribution in [3.8, 4) is 5.75 Å². The SMILES string of the molecule is COC(=O)CC(N)C(=O)NC(C(=O)N[C@@H]1C(=O)N2[C@@H]1SC(C)(C)[C@@H]2C(=O)O)c1ccc(O)cc1. The monoisotopic (exact) mass is 494 g/mol. The molecular weight excluding hydrogens is 468 g/mol. The summed E-state index contributed by atoms with van der Waals surface area (Å²) in [4.78, 5) is 62.8. The number of carboxylic acid groups (broad SMARTS) is 1. The van der Waals surface area contributed by atoms with Crippen LogP contribution >= 0.6 is 11.8 Å². The first-order chi connectivity index (χ1) is 15.9. The van der Waals surface area contributed by atoms with Gasteiger partial charge in [0.05, 0.1) is 19.6 Å². The summed E-state index contributed by atoms with van der Waals surface area (Å²) in [6.45, 7) is 3.42. The summed E-state index contributed by atoms with van der Waals surface area (Å²) in [5, 5.41) is 23.6. The largest absolute Gasteiger partial charge is 0.508 e. The number of nitrogens with one attached hydrogen (secondary N) is 2. The number of carbonyl (C=O) groups excluding carboxylic acids is 4. The Bertz CT molecular complexity index is 1010. The number of nitrogens with zero attached hydrogens (tertiary/aromatic N) is 1. The second-order valence-electron chi connectivity index (χ2n) is 8.50. The summed E-state index contributed by atoms with van der Waals surface area (Å²) >= 11 is 1.26. The molecule has 2 fully saturated rings. The van der Waals surface area contributed by atoms with Crippen LogP contribution in [0.4, 0.5) is 0 Å². The molecule has 3 rings (SSSR count). The topological polar surface area (TPSA) is 188 Å². The van der Waals surface area contributed by atoms with Crippen LogP contribution in [-0.2, 0) is 28.7 Å². The lowest BCUT2D eigenvalue weighted by molar-refractivity contribution is -0.161. The quantitative estimate of drug-likeness (QED) is 0.223. The molecule has 2 unspecified atom stereocenters. The first-order valence-electron chi connectivity index (χ1n) is 10.3. The van der Waals surface area contributed by atoms with Crippen molar-refractivity contribution in [3.05, 3.63) is 29.8 Å². The molecule has 5 atom stereocenters. The van der Waals surface area contributed by atoms with Crippen LogP contribution in [0.2, 0.25) is 0 Å². The average molecular weight is 495 g/mol. The summed E-state index contributed by atoms with van der Waals surface area (Å²) in [6.07, 6.45) is -0.410. The number of β-lactam (4-membered cyclic amide) rings is 1. The van der Waals surface area contributed by atoms with Crippen molar-refractivity contribution in [3.63, 3.8) is 0 Å². The molecule has 2 aliphatic heterocycles. The van der Waals surface area contributed by atoms with Gasteiger partial charge in [0.1, 0.15) is 29.2 Å². The molecule has 2 heterocycles. The fraction of sp³-hybridized carbons (Fsp3) is 0.476. The van der Waals surface area contributed by atoms with Crippen molar-refractivity contribution in [2.24, 2.45) is 5.73 Å². The van der Waals surface area contributed by atoms with Gasteiger partial charge in [-0.15, -0.1) is 11.8 Å². The molecule has 2 aliphatic rings. The molecule has 34 heavy (non-hydrogen) atoms. The van der Waals surface area contributed by atoms with E-state index in [0.29, 0.717) is 5.56 Å². The smallest absolute Gasteiger partial charge is 0.327 e. The molecule has 1 aromatic carbocycles. The maximum absolute atomic E-state index is 13.2. The second-order valence-corrected chi connectivity index (χ2v) is 10.3. The van der Waals surface area contributed by atoms with Crippen LogP contribution in [0.1, 0.15) is 31.9 Å². The number of thioether (sulfide) groups is 1. The number of nitrogens with two attached hydrogens (primary N) is 1. The summed E-state index contributed by atoms with van der Waals surface area (Å²) in [7, 11) is 1.15. The minimum Gasteiger partial charge on any atom is -0.508 e. The Kier molecular flexibility index (Phi) is 7.07. The average Bonchev–Trinajstić information content (AvgIpc) is 3.03. The predicted octanol–water partition coefficient (Wildman–Crippen LogP) is -0.928. The molecule has 184 valence electrons. The van der Waals surface area contributed by atoms with Gasteiger partial charge < -0.3 is 36.2 Å². The number of phenolic OH excluding ortho intramolecular Hbond substituents is 1. The lowest BCUT2D eigenvalue weighted by atomic mass is 9.95. The Hall–Kier alpha value is -3.32. The van der Waals surface area contributed by atoms with Crippen molar-refractivity contribution in [1.29, 1.82) is 0 Å². The van der Waals surface area contributed by atoms with Gasteiger partial charge in [-0.1, -0.05) is 12.1 Å². The van der Waals surface area contributed by atoms with E-state index in [0.717, 1.165) is 7.11 Å². The van der Waals surface area contributed by atoms with Gasteiger partial charge in [-0.2, -0.15) is 0 Å². The van der Waals surface area contributed by atoms with Gasteiger partial charge in [0.2, 0.25) is 17.7 Å². The number of ether oxygens (including phenoxy) is 1. The number of rotatable bonds is 8. The van der Waals surface area contributed by atoms with Gasteiger partial charge in [0.25, 0.3) is 0 Å². The van der Waals surface area contributed by atoms with Crippen LogP contribution in [0.5, 0.6) is 5.75 Å². The highest BCUT2D eigenvalue weighted by Gasteiger charge is 2.64. The highest BCUT2D eigenvalue weighted by molar-refractivity contribution is 8.01. The van der Waals surface area contributed by atoms with Crippen molar-refractivity contribution >= 4 is 41.4 Å². The number of hydrogen-bond acceptors (Lipinski definition) is 9. The van der Waals surface area contributed by atoms with Crippen LogP contribution < -0.4 is 16.4 Å². The molecule has 6 N–H and O–H groups in total. The van der Waals surface area contributed by atoms with Crippen molar-refractivity contribution in [1.82, 2.24) is 15.5 Å². The number of methoxy groups -OCH3 is 1. The molecule has 3 amide bonds. The van der Waals surface area contributed by atoms with E-state index in [1.165, 1.54) is 40.9 Å². The van der Waals surface area contributed by atoms with Crippen molar-refractivity contribution in [2.45, 2.75) is 54.6 Å². The van der Waals surface area contributed by atoms with Gasteiger partial charge >= 0.3 is 11.9 Å². The van der Waals surface area contributed by atoms with Crippen LogP contribution in [0.3, 0.4) is 0 Å². The van der Waals surface area contributed by atoms with Crippen LogP contribution in [-0.4, -0.2) is 80.1 Å². The standard InChI is InChI=1S/C21H26N4O8S/c1-21(2)15(20(31)32)25-18(30)14(19(25)34-21)24-17(29)13(9-4-6-10(26)7-5-9)23-16(28)11(22)8-12(27)33-3/h4-7,11,13-15,19,26H,8,22H2,1-3H3,(H,23,28)(H,24,29)(H,31,32)/t11?,13?,14-,15+,19-/m1/s1. The number of hydrogen-bond donors (Lipinski definition) is 5. The number of carbonyl (C=O) groups is 5. The third kappa shape index (κ3) is 4.80. The Balaban J connectivity index is 1.78. The highest BCUT2D eigenvalue weighted by atomic mass is 32.2. The molecule has 0 bridgehead atoms. The maximum atomic E-state index is 13.2. The molecule has 0 aliphatic carbocycles. The minimum atomic E-state index is -1.30. The number of carboxylic acids is 1. The van der Waals surface area contributed by atoms with Gasteiger partial charge in [0.15, 0.2) is 0 Å². The molecule has 13 heteroatoms. The zero-order valence-corrected chi connectivity index (χ0v) is 19.5. The van der Waals surface area contributed by atoms with Crippen LogP contribution in [0, 0.1) is 0 Å². The molecule has 0 aromatic heterocycles. The van der Waals surface area contributed by atoms with E-state index in [1.807, 2.05) is 0 Å². The van der Waals surface area contributed by atoms with Gasteiger partial charge in [-0.05, 0) is 31.5 Å². The maximum Gasteiger partial charge on any atom is 0.327 e. The summed E-state index contributed by atoms with van der Waals surface area (Å²) in [6, 6.07) is 0.853. The summed E-state index contributed by atoms with van der Waals surface area (Å²) < 4.78 is 3.73. The number of fused-ring (bicyclic) bond motifs is 1. The Labute approximate surface area is 199 Å². The summed E-state index contributed by atoms with van der Waals surface area (Å²) in [5.41, 5.74) is 6.04. The van der Waals surface area contributed by atoms with E-state index < -0.39 is 70.4 Å². The predicted molar refractivity (Wildman–Crippen MR) is 119 cm³/mol. The van der Waals surface area contributed by atoms with E-state index in [1.54, 1.807) is 13.8 Å². The zero-order chi connectivity index (χ0) is 25.4. The van der Waals surface area contributed by atoms with E-state index in [2.05, 4.69) is 15.4 Å². The lowest BCUT2D eigenvalue weighted by Crippen LogP contribution is -2.71. The second kappa shape index (κ2) is 9.50. The molecule has 0 spiro atoms. The van der Waals surface area contributed by atoms with Crippen molar-refractivity contribution < 1.29 is 38.9 Å². The molecule has 12 nitrogen and oxygen atoms in total. The summed E-state index contributed by atoms with van der Waals surface area (Å²) in [5.74, 6) is -3.98. The Morgan fingerprint density at radius 2 is 1.82 bits per heavy atom. The Morgan fingerprint density at radius 3 is 2.38 bits per heavy atom. The highest BCUT2D eigenvalue weighted by Crippen LogP contribution is 2.50. The number of aromatic hydroxyl groups is 1. The third-order valence-electron chi connectivity index (χ3n) is 5.70. The number of phenols is 1. The molecule has 2 saturated heterocycles. The van der Waals surface area contributed by atoms with E-state index in [4.69, 9.17) is 5.73 Å². The molecule has 0 radical (unpaired) electrons. The van der Waals surface area contributed by atoms with Gasteiger partial charge in [-0.25, -0.2) is 4.79 Å². The fourth-order valence-electron chi connectivity index (χ4n) is 3.95. The number of benzene rings is 1. The van der Waals surface area contributed by atoms with E-state index in [-0.39, 0.29) is 5.75 Å². The van der Waals surface area contributed by atoms with Crippen LogP contribution in [0.15, 0.2) is 24.3 Å². The van der Waals surface area contributed by atoms with Gasteiger partial charge in [0, 0.05) is 4.75 Å². The molecular formula is C21H26N4O8S. The lowest BCUT2D eigenvalue weighted by Gasteiger charge is -2.44. The number of amides is 3. The Morgan fingerprint density at radius 1 is 1.21 bits per heavy atom. The number of esters is 1. The van der Waals surface area contributed by atoms with E-state index >= 15 is 0 Å². The number of aliphatic carboxylic acids is 1. The third-order valence-corrected chi connectivity index (χ3v) is 7.27. The van der Waals surface area contributed by atoms with Gasteiger partial charge in [-0.3, -0.25) is 19.2 Å². The zero-order valence-electron chi connectivity index (χ0n) is 18.7. The van der Waals surface area contributed by atoms with E-state index in [9.17, 15) is 34.2 Å². The first-order valence-corrected chi connectivity index (χ1v) is 11.2. The van der Waals surface area contributed by atoms with Crippen molar-refractivity contribution in [2.75, 3.05) is 7.11 Å². The first kappa shape index (κ1) is 25.3. The minimum absolute atomic E-state index is 0.0641. The molecule has 0 saturated carbocycles. The normalized spacial score (nSPS) is 24.3.